The maximum absolute atomic E-state index is 13.0. The van der Waals surface area contributed by atoms with Gasteiger partial charge in [0.2, 0.25) is 0 Å². The van der Waals surface area contributed by atoms with Gasteiger partial charge in [-0.3, -0.25) is 0 Å². The zero-order valence-electron chi connectivity index (χ0n) is 10.0. The highest BCUT2D eigenvalue weighted by atomic mass is 79.9. The number of aryl methyl sites for hydroxylation is 2. The molecule has 1 aromatic carbocycles. The summed E-state index contributed by atoms with van der Waals surface area (Å²) in [7, 11) is 2.90. The fourth-order valence-corrected chi connectivity index (χ4v) is 2.97. The van der Waals surface area contributed by atoms with E-state index in [2.05, 4.69) is 15.9 Å². The third-order valence-corrected chi connectivity index (χ3v) is 3.70. The summed E-state index contributed by atoms with van der Waals surface area (Å²) in [6.45, 7) is 1.76. The van der Waals surface area contributed by atoms with Gasteiger partial charge in [0.25, 0.3) is 0 Å². The van der Waals surface area contributed by atoms with E-state index < -0.39 is 11.9 Å². The lowest BCUT2D eigenvalue weighted by Crippen LogP contribution is -2.11. The second-order valence-electron chi connectivity index (χ2n) is 4.06. The van der Waals surface area contributed by atoms with Gasteiger partial charge in [-0.1, -0.05) is 0 Å². The third-order valence-electron chi connectivity index (χ3n) is 2.89. The lowest BCUT2D eigenvalue weighted by atomic mass is 10.1. The Morgan fingerprint density at radius 2 is 1.89 bits per heavy atom. The Labute approximate surface area is 110 Å². The van der Waals surface area contributed by atoms with Gasteiger partial charge < -0.3 is 9.30 Å². The number of halogens is 4. The van der Waals surface area contributed by atoms with Crippen molar-refractivity contribution in [1.29, 1.82) is 0 Å². The number of methoxy groups -OCH3 is 1. The predicted molar refractivity (Wildman–Crippen MR) is 66.9 cm³/mol. The molecule has 0 unspecified atom stereocenters. The van der Waals surface area contributed by atoms with Gasteiger partial charge in [-0.2, -0.15) is 13.2 Å². The van der Waals surface area contributed by atoms with E-state index in [1.165, 1.54) is 14.2 Å². The molecule has 18 heavy (non-hydrogen) atoms. The highest BCUT2D eigenvalue weighted by Crippen LogP contribution is 2.42. The minimum Gasteiger partial charge on any atom is -0.497 e. The number of alkyl halides is 3. The summed E-state index contributed by atoms with van der Waals surface area (Å²) >= 11 is 3.04. The Hall–Kier alpha value is -1.17. The van der Waals surface area contributed by atoms with E-state index in [0.717, 1.165) is 10.1 Å². The molecule has 0 bridgehead atoms. The molecule has 0 N–H and O–H groups in total. The molecule has 1 aromatic heterocycles. The number of hydrogen-bond donors (Lipinski definition) is 0. The first-order valence-electron chi connectivity index (χ1n) is 5.17. The maximum Gasteiger partial charge on any atom is 0.432 e. The molecule has 0 radical (unpaired) electrons. The molecule has 0 aliphatic heterocycles. The monoisotopic (exact) mass is 321 g/mol. The fourth-order valence-electron chi connectivity index (χ4n) is 2.18. The quantitative estimate of drug-likeness (QED) is 0.764. The molecule has 0 amide bonds. The molecule has 0 fully saturated rings. The second-order valence-corrected chi connectivity index (χ2v) is 4.85. The van der Waals surface area contributed by atoms with E-state index in [9.17, 15) is 13.2 Å². The second kappa shape index (κ2) is 4.19. The Balaban J connectivity index is 2.90. The predicted octanol–water partition coefficient (Wildman–Crippen LogP) is 4.28. The molecule has 2 rings (SSSR count). The lowest BCUT2D eigenvalue weighted by molar-refractivity contribution is -0.143. The Bertz CT molecular complexity index is 616. The van der Waals surface area contributed by atoms with Crippen LogP contribution in [0.1, 0.15) is 11.3 Å². The van der Waals surface area contributed by atoms with Crippen molar-refractivity contribution in [2.45, 2.75) is 13.1 Å². The zero-order chi connectivity index (χ0) is 13.7. The normalized spacial score (nSPS) is 12.2. The van der Waals surface area contributed by atoms with Crippen LogP contribution in [0.3, 0.4) is 0 Å². The largest absolute Gasteiger partial charge is 0.497 e. The number of aromatic nitrogens is 1. The molecule has 0 atom stereocenters. The molecule has 1 heterocycles. The first kappa shape index (κ1) is 13.3. The minimum absolute atomic E-state index is 0.0505. The van der Waals surface area contributed by atoms with E-state index in [-0.39, 0.29) is 4.47 Å². The van der Waals surface area contributed by atoms with Crippen molar-refractivity contribution < 1.29 is 17.9 Å². The number of hydrogen-bond acceptors (Lipinski definition) is 1. The molecule has 2 aromatic rings. The molecular weight excluding hydrogens is 311 g/mol. The number of fused-ring (bicyclic) bond motifs is 1. The van der Waals surface area contributed by atoms with Crippen LogP contribution in [0.25, 0.3) is 10.9 Å². The SMILES string of the molecule is COc1cc(C)c2c(c1)c(Br)c(C(F)(F)F)n2C. The van der Waals surface area contributed by atoms with Crippen LogP contribution in [0.5, 0.6) is 5.75 Å². The van der Waals surface area contributed by atoms with Crippen LogP contribution in [0.2, 0.25) is 0 Å². The van der Waals surface area contributed by atoms with Gasteiger partial charge in [0.15, 0.2) is 0 Å². The van der Waals surface area contributed by atoms with Crippen LogP contribution < -0.4 is 4.74 Å². The van der Waals surface area contributed by atoms with Gasteiger partial charge in [-0.25, -0.2) is 0 Å². The van der Waals surface area contributed by atoms with Gasteiger partial charge in [0, 0.05) is 12.4 Å². The Morgan fingerprint density at radius 3 is 2.39 bits per heavy atom. The number of nitrogens with zero attached hydrogens (tertiary/aromatic N) is 1. The summed E-state index contributed by atoms with van der Waals surface area (Å²) in [6.07, 6.45) is -4.40. The molecule has 0 spiro atoms. The standard InChI is InChI=1S/C12H11BrF3NO/c1-6-4-7(18-3)5-8-9(13)11(12(14,15)16)17(2)10(6)8/h4-5H,1-3H3. The summed E-state index contributed by atoms with van der Waals surface area (Å²) in [5.74, 6) is 0.542. The molecule has 2 nitrogen and oxygen atoms in total. The Morgan fingerprint density at radius 1 is 1.28 bits per heavy atom. The van der Waals surface area contributed by atoms with Gasteiger partial charge >= 0.3 is 6.18 Å². The number of benzene rings is 1. The van der Waals surface area contributed by atoms with Crippen molar-refractivity contribution >= 4 is 26.8 Å². The number of rotatable bonds is 1. The first-order chi connectivity index (χ1) is 8.27. The van der Waals surface area contributed by atoms with Crippen LogP contribution in [0.4, 0.5) is 13.2 Å². The molecule has 0 saturated carbocycles. The van der Waals surface area contributed by atoms with Gasteiger partial charge in [0.1, 0.15) is 11.4 Å². The van der Waals surface area contributed by atoms with Crippen molar-refractivity contribution in [1.82, 2.24) is 4.57 Å². The molecule has 6 heteroatoms. The lowest BCUT2D eigenvalue weighted by Gasteiger charge is -2.09. The van der Waals surface area contributed by atoms with Crippen LogP contribution in [0, 0.1) is 6.92 Å². The van der Waals surface area contributed by atoms with E-state index in [0.29, 0.717) is 16.7 Å². The summed E-state index contributed by atoms with van der Waals surface area (Å²) in [6, 6.07) is 3.32. The molecule has 0 aliphatic rings. The van der Waals surface area contributed by atoms with Gasteiger partial charge in [-0.15, -0.1) is 0 Å². The molecule has 98 valence electrons. The zero-order valence-corrected chi connectivity index (χ0v) is 11.6. The maximum atomic E-state index is 13.0. The van der Waals surface area contributed by atoms with Gasteiger partial charge in [-0.05, 0) is 40.5 Å². The molecule has 0 aliphatic carbocycles. The minimum atomic E-state index is -4.40. The Kier molecular flexibility index (Phi) is 3.09. The van der Waals surface area contributed by atoms with Gasteiger partial charge in [0.05, 0.1) is 17.1 Å². The molecule has 0 saturated heterocycles. The average Bonchev–Trinajstić information content (AvgIpc) is 2.50. The third kappa shape index (κ3) is 1.88. The summed E-state index contributed by atoms with van der Waals surface area (Å²) in [5.41, 5.74) is 0.604. The highest BCUT2D eigenvalue weighted by molar-refractivity contribution is 9.10. The van der Waals surface area contributed by atoms with Crippen molar-refractivity contribution in [3.8, 4) is 5.75 Å². The summed E-state index contributed by atoms with van der Waals surface area (Å²) in [5, 5.41) is 0.502. The van der Waals surface area contributed by atoms with E-state index in [1.807, 2.05) is 0 Å². The number of ether oxygens (including phenoxy) is 1. The first-order valence-corrected chi connectivity index (χ1v) is 5.96. The van der Waals surface area contributed by atoms with E-state index in [4.69, 9.17) is 4.74 Å². The smallest absolute Gasteiger partial charge is 0.432 e. The van der Waals surface area contributed by atoms with Crippen LogP contribution in [-0.4, -0.2) is 11.7 Å². The summed E-state index contributed by atoms with van der Waals surface area (Å²) < 4.78 is 45.2. The highest BCUT2D eigenvalue weighted by Gasteiger charge is 2.38. The van der Waals surface area contributed by atoms with Crippen molar-refractivity contribution in [3.63, 3.8) is 0 Å². The van der Waals surface area contributed by atoms with Crippen LogP contribution in [0.15, 0.2) is 16.6 Å². The van der Waals surface area contributed by atoms with Crippen molar-refractivity contribution in [2.75, 3.05) is 7.11 Å². The van der Waals surface area contributed by atoms with Crippen molar-refractivity contribution in [2.24, 2.45) is 7.05 Å². The fraction of sp³-hybridized carbons (Fsp3) is 0.333. The van der Waals surface area contributed by atoms with E-state index >= 15 is 0 Å². The summed E-state index contributed by atoms with van der Waals surface area (Å²) in [4.78, 5) is 0. The van der Waals surface area contributed by atoms with Crippen molar-refractivity contribution in [3.05, 3.63) is 27.9 Å². The molecular formula is C12H11BrF3NO. The topological polar surface area (TPSA) is 14.2 Å². The van der Waals surface area contributed by atoms with E-state index in [1.54, 1.807) is 19.1 Å². The van der Waals surface area contributed by atoms with Crippen LogP contribution in [-0.2, 0) is 13.2 Å². The average molecular weight is 322 g/mol. The van der Waals surface area contributed by atoms with Crippen LogP contribution >= 0.6 is 15.9 Å².